The Morgan fingerprint density at radius 2 is 2.29 bits per heavy atom. The Labute approximate surface area is 127 Å². The van der Waals surface area contributed by atoms with E-state index in [0.717, 1.165) is 43.8 Å². The summed E-state index contributed by atoms with van der Waals surface area (Å²) in [6.45, 7) is 4.74. The van der Waals surface area contributed by atoms with Gasteiger partial charge in [0.2, 0.25) is 0 Å². The largest absolute Gasteiger partial charge is 0.384 e. The van der Waals surface area contributed by atoms with Crippen molar-refractivity contribution in [1.29, 1.82) is 0 Å². The van der Waals surface area contributed by atoms with Crippen LogP contribution in [0.15, 0.2) is 18.2 Å². The monoisotopic (exact) mass is 294 g/mol. The number of rotatable bonds is 6. The third kappa shape index (κ3) is 4.17. The smallest absolute Gasteiger partial charge is 0.128 e. The van der Waals surface area contributed by atoms with Crippen molar-refractivity contribution < 1.29 is 9.13 Å². The van der Waals surface area contributed by atoms with E-state index < -0.39 is 0 Å². The predicted molar refractivity (Wildman–Crippen MR) is 85.2 cm³/mol. The maximum absolute atomic E-state index is 14.2. The quantitative estimate of drug-likeness (QED) is 0.876. The number of halogens is 1. The van der Waals surface area contributed by atoms with Crippen molar-refractivity contribution in [1.82, 2.24) is 0 Å². The van der Waals surface area contributed by atoms with E-state index in [4.69, 9.17) is 10.5 Å². The lowest BCUT2D eigenvalue weighted by atomic mass is 9.96. The van der Waals surface area contributed by atoms with Crippen molar-refractivity contribution in [3.8, 4) is 0 Å². The minimum atomic E-state index is -0.134. The van der Waals surface area contributed by atoms with Gasteiger partial charge in [0.05, 0.1) is 6.61 Å². The number of ether oxygens (including phenoxy) is 1. The number of hydrogen-bond donors (Lipinski definition) is 1. The SMILES string of the molecule is CCC(N)Cc1c(F)cccc1N1CCCC(COC)C1. The summed E-state index contributed by atoms with van der Waals surface area (Å²) in [5.74, 6) is 0.394. The molecule has 1 aliphatic heterocycles. The topological polar surface area (TPSA) is 38.5 Å². The van der Waals surface area contributed by atoms with Crippen LogP contribution in [0.5, 0.6) is 0 Å². The summed E-state index contributed by atoms with van der Waals surface area (Å²) in [5, 5.41) is 0. The van der Waals surface area contributed by atoms with E-state index in [0.29, 0.717) is 12.3 Å². The molecule has 1 saturated heterocycles. The lowest BCUT2D eigenvalue weighted by Crippen LogP contribution is -2.38. The van der Waals surface area contributed by atoms with Crippen LogP contribution in [0.4, 0.5) is 10.1 Å². The number of nitrogens with two attached hydrogens (primary N) is 1. The average molecular weight is 294 g/mol. The molecule has 1 heterocycles. The lowest BCUT2D eigenvalue weighted by Gasteiger charge is -2.35. The first-order valence-electron chi connectivity index (χ1n) is 7.92. The maximum Gasteiger partial charge on any atom is 0.128 e. The van der Waals surface area contributed by atoms with E-state index in [1.807, 2.05) is 13.0 Å². The molecule has 1 aliphatic rings. The average Bonchev–Trinajstić information content (AvgIpc) is 2.49. The highest BCUT2D eigenvalue weighted by Gasteiger charge is 2.23. The molecule has 0 radical (unpaired) electrons. The van der Waals surface area contributed by atoms with E-state index in [-0.39, 0.29) is 11.9 Å². The van der Waals surface area contributed by atoms with Crippen molar-refractivity contribution in [2.45, 2.75) is 38.6 Å². The molecule has 118 valence electrons. The van der Waals surface area contributed by atoms with Crippen LogP contribution >= 0.6 is 0 Å². The second-order valence-electron chi connectivity index (χ2n) is 6.02. The molecule has 2 unspecified atom stereocenters. The first kappa shape index (κ1) is 16.2. The zero-order valence-corrected chi connectivity index (χ0v) is 13.1. The van der Waals surface area contributed by atoms with Crippen LogP contribution < -0.4 is 10.6 Å². The molecule has 0 aromatic heterocycles. The second kappa shape index (κ2) is 7.76. The van der Waals surface area contributed by atoms with Crippen LogP contribution in [0, 0.1) is 11.7 Å². The van der Waals surface area contributed by atoms with Gasteiger partial charge >= 0.3 is 0 Å². The van der Waals surface area contributed by atoms with Gasteiger partial charge in [0.25, 0.3) is 0 Å². The van der Waals surface area contributed by atoms with Gasteiger partial charge in [0, 0.05) is 37.5 Å². The highest BCUT2D eigenvalue weighted by Crippen LogP contribution is 2.29. The summed E-state index contributed by atoms with van der Waals surface area (Å²) in [6.07, 6.45) is 3.78. The normalized spacial score (nSPS) is 20.6. The third-order valence-electron chi connectivity index (χ3n) is 4.35. The van der Waals surface area contributed by atoms with Crippen molar-refractivity contribution >= 4 is 5.69 Å². The molecule has 0 bridgehead atoms. The van der Waals surface area contributed by atoms with Gasteiger partial charge < -0.3 is 15.4 Å². The van der Waals surface area contributed by atoms with Gasteiger partial charge in [0.15, 0.2) is 0 Å². The summed E-state index contributed by atoms with van der Waals surface area (Å²) >= 11 is 0. The maximum atomic E-state index is 14.2. The van der Waals surface area contributed by atoms with Crippen LogP contribution in [-0.2, 0) is 11.2 Å². The molecule has 3 nitrogen and oxygen atoms in total. The third-order valence-corrected chi connectivity index (χ3v) is 4.35. The van der Waals surface area contributed by atoms with Crippen LogP contribution in [-0.4, -0.2) is 32.8 Å². The van der Waals surface area contributed by atoms with Gasteiger partial charge in [0.1, 0.15) is 5.82 Å². The summed E-state index contributed by atoms with van der Waals surface area (Å²) in [5.41, 5.74) is 7.82. The zero-order valence-electron chi connectivity index (χ0n) is 13.1. The minimum Gasteiger partial charge on any atom is -0.384 e. The Balaban J connectivity index is 2.19. The van der Waals surface area contributed by atoms with Crippen molar-refractivity contribution in [2.24, 2.45) is 11.7 Å². The van der Waals surface area contributed by atoms with Gasteiger partial charge in [-0.1, -0.05) is 13.0 Å². The number of piperidine rings is 1. The van der Waals surface area contributed by atoms with Crippen LogP contribution in [0.1, 0.15) is 31.7 Å². The van der Waals surface area contributed by atoms with Crippen molar-refractivity contribution in [3.05, 3.63) is 29.6 Å². The molecule has 0 aliphatic carbocycles. The van der Waals surface area contributed by atoms with Crippen molar-refractivity contribution in [3.63, 3.8) is 0 Å². The molecule has 0 saturated carbocycles. The Morgan fingerprint density at radius 1 is 1.48 bits per heavy atom. The number of nitrogens with zero attached hydrogens (tertiary/aromatic N) is 1. The number of methoxy groups -OCH3 is 1. The summed E-state index contributed by atoms with van der Waals surface area (Å²) in [6, 6.07) is 5.37. The summed E-state index contributed by atoms with van der Waals surface area (Å²) in [7, 11) is 1.74. The standard InChI is InChI=1S/C17H27FN2O/c1-3-14(19)10-15-16(18)7-4-8-17(15)20-9-5-6-13(11-20)12-21-2/h4,7-8,13-14H,3,5-6,9-12,19H2,1-2H3. The summed E-state index contributed by atoms with van der Waals surface area (Å²) in [4.78, 5) is 2.30. The van der Waals surface area contributed by atoms with E-state index in [1.165, 1.54) is 12.5 Å². The lowest BCUT2D eigenvalue weighted by molar-refractivity contribution is 0.143. The first-order valence-corrected chi connectivity index (χ1v) is 7.92. The van der Waals surface area contributed by atoms with Crippen LogP contribution in [0.25, 0.3) is 0 Å². The first-order chi connectivity index (χ1) is 10.2. The fourth-order valence-corrected chi connectivity index (χ4v) is 3.11. The van der Waals surface area contributed by atoms with E-state index in [2.05, 4.69) is 4.90 Å². The Bertz CT molecular complexity index is 450. The van der Waals surface area contributed by atoms with Gasteiger partial charge in [-0.2, -0.15) is 0 Å². The fraction of sp³-hybridized carbons (Fsp3) is 0.647. The number of hydrogen-bond acceptors (Lipinski definition) is 3. The van der Waals surface area contributed by atoms with Crippen LogP contribution in [0.3, 0.4) is 0 Å². The minimum absolute atomic E-state index is 0.0141. The van der Waals surface area contributed by atoms with E-state index >= 15 is 0 Å². The number of benzene rings is 1. The molecule has 1 aromatic carbocycles. The van der Waals surface area contributed by atoms with E-state index in [9.17, 15) is 4.39 Å². The molecule has 2 rings (SSSR count). The summed E-state index contributed by atoms with van der Waals surface area (Å²) < 4.78 is 19.5. The molecule has 0 amide bonds. The molecule has 21 heavy (non-hydrogen) atoms. The van der Waals surface area contributed by atoms with Gasteiger partial charge in [-0.3, -0.25) is 0 Å². The van der Waals surface area contributed by atoms with Gasteiger partial charge in [-0.25, -0.2) is 4.39 Å². The Morgan fingerprint density at radius 3 is 3.00 bits per heavy atom. The Kier molecular flexibility index (Phi) is 6.00. The highest BCUT2D eigenvalue weighted by atomic mass is 19.1. The molecule has 2 atom stereocenters. The van der Waals surface area contributed by atoms with E-state index in [1.54, 1.807) is 13.2 Å². The molecule has 2 N–H and O–H groups in total. The molecule has 4 heteroatoms. The predicted octanol–water partition coefficient (Wildman–Crippen LogP) is 2.97. The zero-order chi connectivity index (χ0) is 15.2. The fourth-order valence-electron chi connectivity index (χ4n) is 3.11. The molecule has 0 spiro atoms. The van der Waals surface area contributed by atoms with Crippen LogP contribution in [0.2, 0.25) is 0 Å². The van der Waals surface area contributed by atoms with Gasteiger partial charge in [-0.15, -0.1) is 0 Å². The second-order valence-corrected chi connectivity index (χ2v) is 6.02. The number of anilines is 1. The van der Waals surface area contributed by atoms with Crippen molar-refractivity contribution in [2.75, 3.05) is 31.7 Å². The molecule has 1 aromatic rings. The molecule has 1 fully saturated rings. The molecular weight excluding hydrogens is 267 g/mol. The highest BCUT2D eigenvalue weighted by molar-refractivity contribution is 5.55. The van der Waals surface area contributed by atoms with Gasteiger partial charge in [-0.05, 0) is 43.7 Å². The molecular formula is C17H27FN2O. The Hall–Kier alpha value is -1.13.